The van der Waals surface area contributed by atoms with E-state index < -0.39 is 0 Å². The van der Waals surface area contributed by atoms with Gasteiger partial charge in [0.1, 0.15) is 0 Å². The smallest absolute Gasteiger partial charge is 0.164 e. The molecule has 0 atom stereocenters. The Kier molecular flexibility index (Phi) is 10.9. The number of benzene rings is 7. The zero-order valence-corrected chi connectivity index (χ0v) is 40.2. The Morgan fingerprint density at radius 1 is 0.415 bits per heavy atom. The molecule has 0 aliphatic heterocycles. The second kappa shape index (κ2) is 16.5. The molecule has 0 saturated carbocycles. The van der Waals surface area contributed by atoms with Crippen LogP contribution in [0.15, 0.2) is 114 Å². The van der Waals surface area contributed by atoms with Gasteiger partial charge in [-0.2, -0.15) is 0 Å². The highest BCUT2D eigenvalue weighted by Crippen LogP contribution is 2.50. The lowest BCUT2D eigenvalue weighted by molar-refractivity contribution is 1.06. The van der Waals surface area contributed by atoms with Crippen molar-refractivity contribution in [3.8, 4) is 56.4 Å². The van der Waals surface area contributed by atoms with Crippen molar-refractivity contribution in [2.45, 2.75) is 90.0 Å². The van der Waals surface area contributed by atoms with Gasteiger partial charge in [0, 0.05) is 39.1 Å². The van der Waals surface area contributed by atoms with Gasteiger partial charge >= 0.3 is 0 Å². The SMILES string of the molecule is C=C(/N=C(\N=C(/C)c1c(C)cc(C)cc1C)c1c(C)cc(C)cc1C)c1ccc2c(c1)-c1cccc3c(-c4nc(-c5c(C)cc(C)cc5C)nc(-c5c(C)cc(C)cc5C)n4)ccc-2c13. The van der Waals surface area contributed by atoms with E-state index in [-0.39, 0.29) is 0 Å². The van der Waals surface area contributed by atoms with Crippen molar-refractivity contribution in [2.75, 3.05) is 0 Å². The number of aryl methyl sites for hydroxylation is 12. The zero-order valence-electron chi connectivity index (χ0n) is 40.2. The Morgan fingerprint density at radius 2 is 0.846 bits per heavy atom. The van der Waals surface area contributed by atoms with Gasteiger partial charge in [-0.3, -0.25) is 0 Å². The van der Waals surface area contributed by atoms with Crippen LogP contribution < -0.4 is 0 Å². The van der Waals surface area contributed by atoms with E-state index in [1.807, 2.05) is 0 Å². The first-order valence-electron chi connectivity index (χ1n) is 22.6. The first-order valence-corrected chi connectivity index (χ1v) is 22.6. The fourth-order valence-corrected chi connectivity index (χ4v) is 10.8. The number of aromatic nitrogens is 3. The van der Waals surface area contributed by atoms with E-state index in [2.05, 4.69) is 194 Å². The van der Waals surface area contributed by atoms with Crippen LogP contribution in [0.4, 0.5) is 0 Å². The summed E-state index contributed by atoms with van der Waals surface area (Å²) < 4.78 is 0. The topological polar surface area (TPSA) is 63.4 Å². The molecule has 0 amide bonds. The minimum Gasteiger partial charge on any atom is -0.233 e. The quantitative estimate of drug-likeness (QED) is 0.119. The third-order valence-corrected chi connectivity index (χ3v) is 13.1. The van der Waals surface area contributed by atoms with Gasteiger partial charge in [-0.15, -0.1) is 0 Å². The highest BCUT2D eigenvalue weighted by atomic mass is 15.0. The average Bonchev–Trinajstić information content (AvgIpc) is 3.53. The van der Waals surface area contributed by atoms with Crippen molar-refractivity contribution in [3.63, 3.8) is 0 Å². The molecule has 0 N–H and O–H groups in total. The van der Waals surface area contributed by atoms with Gasteiger partial charge in [0.15, 0.2) is 23.3 Å². The highest BCUT2D eigenvalue weighted by molar-refractivity contribution is 6.19. The molecule has 1 aromatic heterocycles. The predicted octanol–water partition coefficient (Wildman–Crippen LogP) is 15.3. The summed E-state index contributed by atoms with van der Waals surface area (Å²) in [5, 5.41) is 2.29. The molecule has 0 unspecified atom stereocenters. The predicted molar refractivity (Wildman–Crippen MR) is 276 cm³/mol. The third-order valence-electron chi connectivity index (χ3n) is 13.1. The van der Waals surface area contributed by atoms with Crippen LogP contribution in [-0.2, 0) is 0 Å². The van der Waals surface area contributed by atoms with Gasteiger partial charge in [-0.05, 0) is 180 Å². The summed E-state index contributed by atoms with van der Waals surface area (Å²) in [6.07, 6.45) is 0. The fraction of sp³-hybridized carbons (Fsp3) is 0.217. The van der Waals surface area contributed by atoms with Crippen LogP contribution in [0.25, 0.3) is 72.9 Å². The number of hydrogen-bond donors (Lipinski definition) is 0. The van der Waals surface area contributed by atoms with E-state index >= 15 is 0 Å². The van der Waals surface area contributed by atoms with Crippen molar-refractivity contribution in [1.29, 1.82) is 0 Å². The van der Waals surface area contributed by atoms with Crippen LogP contribution in [0.1, 0.15) is 90.4 Å². The van der Waals surface area contributed by atoms with Crippen molar-refractivity contribution in [2.24, 2.45) is 9.98 Å². The van der Waals surface area contributed by atoms with Gasteiger partial charge in [0.2, 0.25) is 0 Å². The summed E-state index contributed by atoms with van der Waals surface area (Å²) in [6, 6.07) is 35.4. The molecular weight excluding hydrogens is 791 g/mol. The molecule has 322 valence electrons. The highest BCUT2D eigenvalue weighted by Gasteiger charge is 2.26. The minimum absolute atomic E-state index is 0.660. The van der Waals surface area contributed by atoms with Crippen LogP contribution in [0, 0.1) is 83.1 Å². The van der Waals surface area contributed by atoms with Gasteiger partial charge in [-0.1, -0.05) is 114 Å². The summed E-state index contributed by atoms with van der Waals surface area (Å²) in [7, 11) is 0. The Labute approximate surface area is 384 Å². The molecule has 5 heteroatoms. The average molecular weight is 848 g/mol. The lowest BCUT2D eigenvalue weighted by Crippen LogP contribution is -2.10. The molecule has 0 saturated heterocycles. The molecule has 5 nitrogen and oxygen atoms in total. The minimum atomic E-state index is 0.660. The summed E-state index contributed by atoms with van der Waals surface area (Å²) in [4.78, 5) is 26.5. The second-order valence-corrected chi connectivity index (χ2v) is 18.6. The van der Waals surface area contributed by atoms with Crippen molar-refractivity contribution < 1.29 is 0 Å². The lowest BCUT2D eigenvalue weighted by atomic mass is 9.96. The molecule has 1 heterocycles. The number of fused-ring (bicyclic) bond motifs is 3. The molecule has 7 aromatic carbocycles. The number of hydrogen-bond acceptors (Lipinski definition) is 4. The fourth-order valence-electron chi connectivity index (χ4n) is 10.8. The molecule has 65 heavy (non-hydrogen) atoms. The maximum atomic E-state index is 5.33. The number of nitrogens with zero attached hydrogens (tertiary/aromatic N) is 5. The molecule has 0 spiro atoms. The Hall–Kier alpha value is -7.11. The largest absolute Gasteiger partial charge is 0.233 e. The monoisotopic (exact) mass is 847 g/mol. The number of amidine groups is 1. The van der Waals surface area contributed by atoms with E-state index in [1.54, 1.807) is 0 Å². The second-order valence-electron chi connectivity index (χ2n) is 18.6. The molecule has 0 radical (unpaired) electrons. The van der Waals surface area contributed by atoms with Crippen LogP contribution in [0.2, 0.25) is 0 Å². The first-order chi connectivity index (χ1) is 31.0. The summed E-state index contributed by atoms with van der Waals surface area (Å²) >= 11 is 0. The summed E-state index contributed by atoms with van der Waals surface area (Å²) in [5.74, 6) is 2.70. The third kappa shape index (κ3) is 7.73. The Morgan fingerprint density at radius 3 is 1.37 bits per heavy atom. The van der Waals surface area contributed by atoms with E-state index in [4.69, 9.17) is 24.9 Å². The lowest BCUT2D eigenvalue weighted by Gasteiger charge is -2.16. The Bertz CT molecular complexity index is 3250. The van der Waals surface area contributed by atoms with Gasteiger partial charge < -0.3 is 0 Å². The normalized spacial score (nSPS) is 12.3. The maximum Gasteiger partial charge on any atom is 0.164 e. The first kappa shape index (κ1) is 43.2. The summed E-state index contributed by atoms with van der Waals surface area (Å²) in [5.41, 5.74) is 26.7. The van der Waals surface area contributed by atoms with Crippen LogP contribution in [0.5, 0.6) is 0 Å². The molecular formula is C60H57N5. The van der Waals surface area contributed by atoms with Crippen LogP contribution >= 0.6 is 0 Å². The van der Waals surface area contributed by atoms with Crippen molar-refractivity contribution in [1.82, 2.24) is 15.0 Å². The van der Waals surface area contributed by atoms with E-state index in [0.717, 1.165) is 83.4 Å². The van der Waals surface area contributed by atoms with Crippen LogP contribution in [0.3, 0.4) is 0 Å². The number of aliphatic imine (C=N–C) groups is 2. The molecule has 8 aromatic rings. The van der Waals surface area contributed by atoms with Crippen LogP contribution in [-0.4, -0.2) is 26.5 Å². The molecule has 9 rings (SSSR count). The van der Waals surface area contributed by atoms with E-state index in [0.29, 0.717) is 29.0 Å². The standard InChI is InChI=1S/C60H57N5/c1-31-22-35(5)52(36(6)23-31)44(14)62-58(53-37(7)24-32(2)25-38(53)8)61-43(13)45-18-19-46-49-20-21-50(47-16-15-17-48(56(47)49)51(46)30-45)57-63-59(54-39(9)26-33(3)27-40(54)10)65-60(64-57)55-41(11)28-34(4)29-42(55)12/h15-30H,13H2,1-12,14H3/b61-58-,62-44+. The molecule has 0 fully saturated rings. The molecule has 1 aliphatic carbocycles. The van der Waals surface area contributed by atoms with Gasteiger partial charge in [-0.25, -0.2) is 24.9 Å². The van der Waals surface area contributed by atoms with Crippen molar-refractivity contribution >= 4 is 28.0 Å². The van der Waals surface area contributed by atoms with E-state index in [9.17, 15) is 0 Å². The Balaban J connectivity index is 1.18. The zero-order chi connectivity index (χ0) is 46.2. The van der Waals surface area contributed by atoms with Gasteiger partial charge in [0.05, 0.1) is 5.70 Å². The molecule has 0 bridgehead atoms. The van der Waals surface area contributed by atoms with Crippen molar-refractivity contribution in [3.05, 3.63) is 187 Å². The van der Waals surface area contributed by atoms with Gasteiger partial charge in [0.25, 0.3) is 0 Å². The number of rotatable bonds is 7. The summed E-state index contributed by atoms with van der Waals surface area (Å²) in [6.45, 7) is 32.5. The maximum absolute atomic E-state index is 5.33. The molecule has 1 aliphatic rings. The van der Waals surface area contributed by atoms with E-state index in [1.165, 1.54) is 55.5 Å².